The van der Waals surface area contributed by atoms with E-state index in [0.29, 0.717) is 35.4 Å². The molecule has 4 aromatic rings. The number of nitrogens with one attached hydrogen (secondary N) is 1. The maximum Gasteiger partial charge on any atom is 0.295 e. The summed E-state index contributed by atoms with van der Waals surface area (Å²) in [5.41, 5.74) is 2.25. The van der Waals surface area contributed by atoms with Crippen LogP contribution in [-0.4, -0.2) is 52.0 Å². The van der Waals surface area contributed by atoms with Crippen molar-refractivity contribution in [3.63, 3.8) is 0 Å². The first-order valence-electron chi connectivity index (χ1n) is 9.82. The summed E-state index contributed by atoms with van der Waals surface area (Å²) in [5, 5.41) is 8.73. The Morgan fingerprint density at radius 1 is 1.16 bits per heavy atom. The fraction of sp³-hybridized carbons (Fsp3) is 0.238. The van der Waals surface area contributed by atoms with Crippen molar-refractivity contribution in [2.24, 2.45) is 0 Å². The molecule has 0 aliphatic carbocycles. The van der Waals surface area contributed by atoms with E-state index in [9.17, 15) is 4.79 Å². The van der Waals surface area contributed by atoms with Crippen LogP contribution in [0.3, 0.4) is 0 Å². The number of rotatable bonds is 4. The van der Waals surface area contributed by atoms with Crippen molar-refractivity contribution in [3.8, 4) is 5.69 Å². The Labute approximate surface area is 187 Å². The highest BCUT2D eigenvalue weighted by Crippen LogP contribution is 2.31. The molecule has 0 unspecified atom stereocenters. The van der Waals surface area contributed by atoms with Crippen LogP contribution in [0.5, 0.6) is 0 Å². The van der Waals surface area contributed by atoms with Crippen LogP contribution in [0.15, 0.2) is 42.5 Å². The van der Waals surface area contributed by atoms with Gasteiger partial charge in [-0.1, -0.05) is 35.1 Å². The molecule has 1 aliphatic heterocycles. The van der Waals surface area contributed by atoms with E-state index in [1.807, 2.05) is 36.4 Å². The van der Waals surface area contributed by atoms with E-state index in [1.165, 1.54) is 0 Å². The van der Waals surface area contributed by atoms with Gasteiger partial charge in [0.25, 0.3) is 5.91 Å². The Kier molecular flexibility index (Phi) is 5.31. The molecule has 2 aromatic heterocycles. The number of halogens is 1. The van der Waals surface area contributed by atoms with Gasteiger partial charge in [0.1, 0.15) is 5.82 Å². The number of hydrogen-bond donors (Lipinski definition) is 1. The molecule has 1 N–H and O–H groups in total. The van der Waals surface area contributed by atoms with E-state index >= 15 is 0 Å². The lowest BCUT2D eigenvalue weighted by atomic mass is 10.3. The summed E-state index contributed by atoms with van der Waals surface area (Å²) in [6.07, 6.45) is 0. The highest BCUT2D eigenvalue weighted by Gasteiger charge is 2.18. The van der Waals surface area contributed by atoms with E-state index in [0.717, 1.165) is 28.4 Å². The molecule has 10 heteroatoms. The SMILES string of the molecule is Cc1nc(C(=O)Nc2ccc3nc(N4CCOCC4)sc3c2)nn1-c1ccccc1Cl. The molecule has 0 radical (unpaired) electrons. The predicted octanol–water partition coefficient (Wildman–Crippen LogP) is 3.93. The number of para-hydroxylation sites is 1. The van der Waals surface area contributed by atoms with Crippen molar-refractivity contribution >= 4 is 49.9 Å². The summed E-state index contributed by atoms with van der Waals surface area (Å²) >= 11 is 7.86. The van der Waals surface area contributed by atoms with Crippen LogP contribution in [0.2, 0.25) is 5.02 Å². The molecule has 2 aromatic carbocycles. The largest absolute Gasteiger partial charge is 0.378 e. The Morgan fingerprint density at radius 3 is 2.77 bits per heavy atom. The Bertz CT molecular complexity index is 1260. The minimum Gasteiger partial charge on any atom is -0.378 e. The summed E-state index contributed by atoms with van der Waals surface area (Å²) in [7, 11) is 0. The number of fused-ring (bicyclic) bond motifs is 1. The van der Waals surface area contributed by atoms with Gasteiger partial charge in [0.2, 0.25) is 5.82 Å². The lowest BCUT2D eigenvalue weighted by molar-refractivity contribution is 0.101. The fourth-order valence-electron chi connectivity index (χ4n) is 3.41. The highest BCUT2D eigenvalue weighted by atomic mass is 35.5. The van der Waals surface area contributed by atoms with Gasteiger partial charge in [0, 0.05) is 18.8 Å². The van der Waals surface area contributed by atoms with Crippen molar-refractivity contribution in [1.29, 1.82) is 0 Å². The molecule has 0 bridgehead atoms. The molecular formula is C21H19ClN6O2S. The van der Waals surface area contributed by atoms with Crippen LogP contribution in [0.25, 0.3) is 15.9 Å². The average Bonchev–Trinajstić information content (AvgIpc) is 3.38. The first-order chi connectivity index (χ1) is 15.1. The summed E-state index contributed by atoms with van der Waals surface area (Å²) in [6, 6.07) is 13.0. The van der Waals surface area contributed by atoms with Crippen molar-refractivity contribution in [2.45, 2.75) is 6.92 Å². The van der Waals surface area contributed by atoms with Crippen molar-refractivity contribution < 1.29 is 9.53 Å². The highest BCUT2D eigenvalue weighted by molar-refractivity contribution is 7.22. The molecule has 0 atom stereocenters. The number of morpholine rings is 1. The van der Waals surface area contributed by atoms with E-state index < -0.39 is 0 Å². The van der Waals surface area contributed by atoms with Crippen LogP contribution in [0.1, 0.15) is 16.4 Å². The lowest BCUT2D eigenvalue weighted by Gasteiger charge is -2.25. The first kappa shape index (κ1) is 19.9. The third kappa shape index (κ3) is 3.99. The van der Waals surface area contributed by atoms with Gasteiger partial charge in [-0.3, -0.25) is 4.79 Å². The molecule has 8 nitrogen and oxygen atoms in total. The summed E-state index contributed by atoms with van der Waals surface area (Å²) in [4.78, 5) is 24.0. The molecule has 5 rings (SSSR count). The van der Waals surface area contributed by atoms with Gasteiger partial charge >= 0.3 is 0 Å². The number of anilines is 2. The normalized spacial score (nSPS) is 14.2. The number of carbonyl (C=O) groups is 1. The van der Waals surface area contributed by atoms with E-state index in [4.69, 9.17) is 21.3 Å². The number of nitrogens with zero attached hydrogens (tertiary/aromatic N) is 5. The standard InChI is InChI=1S/C21H19ClN6O2S/c1-13-23-19(26-28(13)17-5-3-2-4-15(17)22)20(29)24-14-6-7-16-18(12-14)31-21(25-16)27-8-10-30-11-9-27/h2-7,12H,8-11H2,1H3,(H,24,29). The number of thiazole rings is 1. The Hall–Kier alpha value is -3.01. The third-order valence-corrected chi connectivity index (χ3v) is 6.37. The molecule has 158 valence electrons. The number of carbonyl (C=O) groups excluding carboxylic acids is 1. The van der Waals surface area contributed by atoms with Gasteiger partial charge in [0.15, 0.2) is 5.13 Å². The first-order valence-corrected chi connectivity index (χ1v) is 11.0. The number of amides is 1. The number of benzene rings is 2. The number of hydrogen-bond acceptors (Lipinski definition) is 7. The molecule has 0 spiro atoms. The zero-order valence-corrected chi connectivity index (χ0v) is 18.3. The average molecular weight is 455 g/mol. The van der Waals surface area contributed by atoms with Gasteiger partial charge < -0.3 is 15.0 Å². The zero-order valence-electron chi connectivity index (χ0n) is 16.7. The topological polar surface area (TPSA) is 85.2 Å². The predicted molar refractivity (Wildman–Crippen MR) is 122 cm³/mol. The Balaban J connectivity index is 1.36. The quantitative estimate of drug-likeness (QED) is 0.503. The molecule has 0 saturated carbocycles. The monoisotopic (exact) mass is 454 g/mol. The van der Waals surface area contributed by atoms with Gasteiger partial charge in [-0.15, -0.1) is 5.10 Å². The molecule has 1 saturated heterocycles. The molecule has 1 amide bonds. The van der Waals surface area contributed by atoms with Crippen molar-refractivity contribution in [3.05, 3.63) is 59.1 Å². The Morgan fingerprint density at radius 2 is 1.97 bits per heavy atom. The van der Waals surface area contributed by atoms with E-state index in [2.05, 4.69) is 20.3 Å². The summed E-state index contributed by atoms with van der Waals surface area (Å²) in [5.74, 6) is 0.272. The molecule has 31 heavy (non-hydrogen) atoms. The number of aromatic nitrogens is 4. The minimum atomic E-state index is -0.383. The second-order valence-corrected chi connectivity index (χ2v) is 8.49. The van der Waals surface area contributed by atoms with Gasteiger partial charge in [-0.05, 0) is 37.3 Å². The lowest BCUT2D eigenvalue weighted by Crippen LogP contribution is -2.36. The third-order valence-electron chi connectivity index (χ3n) is 4.97. The second kappa shape index (κ2) is 8.26. The molecular weight excluding hydrogens is 436 g/mol. The molecule has 1 aliphatic rings. The molecule has 1 fully saturated rings. The summed E-state index contributed by atoms with van der Waals surface area (Å²) in [6.45, 7) is 4.88. The minimum absolute atomic E-state index is 0.0795. The second-order valence-electron chi connectivity index (χ2n) is 7.08. The van der Waals surface area contributed by atoms with E-state index in [-0.39, 0.29) is 11.7 Å². The zero-order chi connectivity index (χ0) is 21.4. The van der Waals surface area contributed by atoms with Crippen molar-refractivity contribution in [2.75, 3.05) is 36.5 Å². The maximum atomic E-state index is 12.8. The number of aryl methyl sites for hydroxylation is 1. The van der Waals surface area contributed by atoms with Crippen molar-refractivity contribution in [1.82, 2.24) is 19.7 Å². The smallest absolute Gasteiger partial charge is 0.295 e. The van der Waals surface area contributed by atoms with Gasteiger partial charge in [-0.25, -0.2) is 14.6 Å². The van der Waals surface area contributed by atoms with Gasteiger partial charge in [0.05, 0.1) is 34.1 Å². The molecule has 3 heterocycles. The number of ether oxygens (including phenoxy) is 1. The summed E-state index contributed by atoms with van der Waals surface area (Å²) < 4.78 is 7.98. The van der Waals surface area contributed by atoms with Crippen LogP contribution >= 0.6 is 22.9 Å². The van der Waals surface area contributed by atoms with Crippen LogP contribution in [-0.2, 0) is 4.74 Å². The van der Waals surface area contributed by atoms with Crippen LogP contribution in [0.4, 0.5) is 10.8 Å². The fourth-order valence-corrected chi connectivity index (χ4v) is 4.68. The maximum absolute atomic E-state index is 12.8. The van der Waals surface area contributed by atoms with E-state index in [1.54, 1.807) is 29.0 Å². The van der Waals surface area contributed by atoms with Crippen LogP contribution in [0, 0.1) is 6.92 Å². The van der Waals surface area contributed by atoms with Gasteiger partial charge in [-0.2, -0.15) is 0 Å². The van der Waals surface area contributed by atoms with Crippen LogP contribution < -0.4 is 10.2 Å².